The van der Waals surface area contributed by atoms with Gasteiger partial charge in [-0.1, -0.05) is 42.5 Å². The minimum Gasteiger partial charge on any atom is -0.464 e. The molecule has 0 fully saturated rings. The van der Waals surface area contributed by atoms with Gasteiger partial charge in [-0.05, 0) is 43.0 Å². The minimum absolute atomic E-state index is 0.340. The Morgan fingerprint density at radius 3 is 2.81 bits per heavy atom. The summed E-state index contributed by atoms with van der Waals surface area (Å²) in [5.74, 6) is 0.660. The second-order valence-electron chi connectivity index (χ2n) is 5.86. The summed E-state index contributed by atoms with van der Waals surface area (Å²) in [4.78, 5) is 0. The Balaban J connectivity index is 1.62. The predicted molar refractivity (Wildman–Crippen MR) is 85.5 cm³/mol. The average Bonchev–Trinajstić information content (AvgIpc) is 2.93. The van der Waals surface area contributed by atoms with Gasteiger partial charge in [0.2, 0.25) is 0 Å². The number of hydrogen-bond acceptors (Lipinski definition) is 2. The third-order valence-corrected chi connectivity index (χ3v) is 4.72. The van der Waals surface area contributed by atoms with Crippen molar-refractivity contribution in [3.05, 3.63) is 71.5 Å². The molecule has 4 rings (SSSR count). The van der Waals surface area contributed by atoms with Crippen LogP contribution in [0, 0.1) is 0 Å². The maximum Gasteiger partial charge on any atom is 0.134 e. The van der Waals surface area contributed by atoms with Gasteiger partial charge < -0.3 is 9.73 Å². The van der Waals surface area contributed by atoms with Gasteiger partial charge in [-0.2, -0.15) is 0 Å². The Hall–Kier alpha value is -2.06. The minimum atomic E-state index is 0.340. The van der Waals surface area contributed by atoms with E-state index in [4.69, 9.17) is 4.42 Å². The van der Waals surface area contributed by atoms with Gasteiger partial charge >= 0.3 is 0 Å². The Morgan fingerprint density at radius 2 is 1.95 bits per heavy atom. The third-order valence-electron chi connectivity index (χ3n) is 4.72. The van der Waals surface area contributed by atoms with Crippen LogP contribution in [0.2, 0.25) is 0 Å². The van der Waals surface area contributed by atoms with Crippen LogP contribution in [0.1, 0.15) is 35.1 Å². The molecule has 0 bridgehead atoms. The van der Waals surface area contributed by atoms with Crippen LogP contribution in [0.3, 0.4) is 0 Å². The van der Waals surface area contributed by atoms with E-state index in [1.807, 2.05) is 25.4 Å². The molecule has 21 heavy (non-hydrogen) atoms. The van der Waals surface area contributed by atoms with Gasteiger partial charge in [0.1, 0.15) is 5.58 Å². The van der Waals surface area contributed by atoms with E-state index in [1.54, 1.807) is 0 Å². The quantitative estimate of drug-likeness (QED) is 0.763. The highest BCUT2D eigenvalue weighted by molar-refractivity contribution is 5.81. The van der Waals surface area contributed by atoms with Crippen molar-refractivity contribution in [3.63, 3.8) is 0 Å². The molecular weight excluding hydrogens is 258 g/mol. The number of fused-ring (bicyclic) bond motifs is 2. The maximum atomic E-state index is 5.69. The molecule has 2 heteroatoms. The van der Waals surface area contributed by atoms with Crippen LogP contribution in [-0.2, 0) is 6.42 Å². The molecule has 106 valence electrons. The number of nitrogens with one attached hydrogen (secondary N) is 1. The number of para-hydroxylation sites is 1. The van der Waals surface area contributed by atoms with Crippen molar-refractivity contribution in [2.75, 3.05) is 7.05 Å². The van der Waals surface area contributed by atoms with Gasteiger partial charge in [-0.3, -0.25) is 0 Å². The van der Waals surface area contributed by atoms with Crippen LogP contribution in [0.5, 0.6) is 0 Å². The average molecular weight is 277 g/mol. The van der Waals surface area contributed by atoms with Crippen molar-refractivity contribution in [1.29, 1.82) is 0 Å². The summed E-state index contributed by atoms with van der Waals surface area (Å²) in [7, 11) is 2.04. The summed E-state index contributed by atoms with van der Waals surface area (Å²) in [6, 6.07) is 17.4. The molecule has 0 amide bonds. The van der Waals surface area contributed by atoms with Crippen LogP contribution in [0.4, 0.5) is 0 Å². The molecule has 0 radical (unpaired) electrons. The molecule has 2 aromatic carbocycles. The van der Waals surface area contributed by atoms with Crippen molar-refractivity contribution in [3.8, 4) is 0 Å². The summed E-state index contributed by atoms with van der Waals surface area (Å²) in [6.07, 6.45) is 4.23. The fourth-order valence-corrected chi connectivity index (χ4v) is 3.53. The van der Waals surface area contributed by atoms with Crippen LogP contribution in [0.25, 0.3) is 11.0 Å². The summed E-state index contributed by atoms with van der Waals surface area (Å²) in [6.45, 7) is 0. The van der Waals surface area contributed by atoms with Crippen molar-refractivity contribution in [1.82, 2.24) is 5.32 Å². The zero-order chi connectivity index (χ0) is 14.2. The molecule has 0 saturated heterocycles. The summed E-state index contributed by atoms with van der Waals surface area (Å²) >= 11 is 0. The first-order valence-corrected chi connectivity index (χ1v) is 7.58. The largest absolute Gasteiger partial charge is 0.464 e. The van der Waals surface area contributed by atoms with Crippen LogP contribution in [0.15, 0.2) is 59.2 Å². The molecule has 1 heterocycles. The summed E-state index contributed by atoms with van der Waals surface area (Å²) < 4.78 is 5.69. The first-order valence-electron chi connectivity index (χ1n) is 7.58. The van der Waals surface area contributed by atoms with Gasteiger partial charge in [0.05, 0.1) is 6.26 Å². The zero-order valence-corrected chi connectivity index (χ0v) is 12.2. The van der Waals surface area contributed by atoms with Crippen LogP contribution >= 0.6 is 0 Å². The smallest absolute Gasteiger partial charge is 0.134 e. The molecular formula is C19H19NO. The lowest BCUT2D eigenvalue weighted by Crippen LogP contribution is -2.24. The molecule has 1 aliphatic rings. The number of furan rings is 1. The van der Waals surface area contributed by atoms with Crippen molar-refractivity contribution < 1.29 is 4.42 Å². The fourth-order valence-electron chi connectivity index (χ4n) is 3.53. The number of rotatable bonds is 4. The van der Waals surface area contributed by atoms with Gasteiger partial charge in [0.15, 0.2) is 0 Å². The molecule has 2 atom stereocenters. The van der Waals surface area contributed by atoms with E-state index < -0.39 is 0 Å². The Kier molecular flexibility index (Phi) is 3.04. The molecule has 1 aliphatic carbocycles. The van der Waals surface area contributed by atoms with E-state index >= 15 is 0 Å². The van der Waals surface area contributed by atoms with Crippen molar-refractivity contribution in [2.24, 2.45) is 0 Å². The third kappa shape index (κ3) is 2.07. The molecule has 0 spiro atoms. The monoisotopic (exact) mass is 277 g/mol. The number of benzene rings is 2. The van der Waals surface area contributed by atoms with E-state index in [-0.39, 0.29) is 0 Å². The zero-order valence-electron chi connectivity index (χ0n) is 12.2. The highest BCUT2D eigenvalue weighted by Gasteiger charge is 2.29. The second-order valence-corrected chi connectivity index (χ2v) is 5.86. The van der Waals surface area contributed by atoms with Crippen molar-refractivity contribution >= 4 is 11.0 Å². The molecule has 0 aliphatic heterocycles. The standard InChI is InChI=1S/C19H19NO/c1-20-18(11-14-10-13-6-2-3-7-15(13)14)17-12-21-19-9-5-4-8-16(17)19/h2-9,12,14,18,20H,10-11H2,1H3. The summed E-state index contributed by atoms with van der Waals surface area (Å²) in [5.41, 5.74) is 5.28. The highest BCUT2D eigenvalue weighted by Crippen LogP contribution is 2.41. The SMILES string of the molecule is CNC(CC1Cc2ccccc21)c1coc2ccccc12. The molecule has 2 nitrogen and oxygen atoms in total. The molecule has 0 saturated carbocycles. The van der Waals surface area contributed by atoms with Crippen molar-refractivity contribution in [2.45, 2.75) is 24.8 Å². The van der Waals surface area contributed by atoms with E-state index in [0.717, 1.165) is 12.0 Å². The second kappa shape index (κ2) is 5.05. The Labute approximate surface area is 124 Å². The van der Waals surface area contributed by atoms with Gasteiger partial charge in [0.25, 0.3) is 0 Å². The first kappa shape index (κ1) is 12.7. The van der Waals surface area contributed by atoms with E-state index in [1.165, 1.54) is 28.5 Å². The van der Waals surface area contributed by atoms with Crippen LogP contribution in [-0.4, -0.2) is 7.05 Å². The van der Waals surface area contributed by atoms with Gasteiger partial charge in [-0.15, -0.1) is 0 Å². The topological polar surface area (TPSA) is 25.2 Å². The van der Waals surface area contributed by atoms with Gasteiger partial charge in [0, 0.05) is 17.0 Å². The van der Waals surface area contributed by atoms with Gasteiger partial charge in [-0.25, -0.2) is 0 Å². The lowest BCUT2D eigenvalue weighted by molar-refractivity contribution is 0.449. The Morgan fingerprint density at radius 1 is 1.14 bits per heavy atom. The Bertz CT molecular complexity index is 774. The molecule has 1 N–H and O–H groups in total. The highest BCUT2D eigenvalue weighted by atomic mass is 16.3. The normalized spacial score (nSPS) is 18.2. The van der Waals surface area contributed by atoms with E-state index in [0.29, 0.717) is 12.0 Å². The predicted octanol–water partition coefficient (Wildman–Crippen LogP) is 4.42. The maximum absolute atomic E-state index is 5.69. The first-order chi connectivity index (χ1) is 10.4. The van der Waals surface area contributed by atoms with E-state index in [9.17, 15) is 0 Å². The molecule has 3 aromatic rings. The van der Waals surface area contributed by atoms with E-state index in [2.05, 4.69) is 41.7 Å². The molecule has 1 aromatic heterocycles. The lowest BCUT2D eigenvalue weighted by atomic mass is 9.74. The van der Waals surface area contributed by atoms with Crippen LogP contribution < -0.4 is 5.32 Å². The molecule has 2 unspecified atom stereocenters. The fraction of sp³-hybridized carbons (Fsp3) is 0.263. The number of hydrogen-bond donors (Lipinski definition) is 1. The lowest BCUT2D eigenvalue weighted by Gasteiger charge is -2.32. The summed E-state index contributed by atoms with van der Waals surface area (Å²) in [5, 5.41) is 4.69.